The van der Waals surface area contributed by atoms with Crippen molar-refractivity contribution in [2.75, 3.05) is 27.3 Å². The van der Waals surface area contributed by atoms with Gasteiger partial charge in [-0.25, -0.2) is 14.8 Å². The fraction of sp³-hybridized carbons (Fsp3) is 0.375. The second-order valence-corrected chi connectivity index (χ2v) is 8.56. The highest BCUT2D eigenvalue weighted by atomic mass is 16.5. The summed E-state index contributed by atoms with van der Waals surface area (Å²) in [4.78, 5) is 25.3. The first kappa shape index (κ1) is 22.0. The lowest BCUT2D eigenvalue weighted by atomic mass is 10.0. The van der Waals surface area contributed by atoms with Gasteiger partial charge < -0.3 is 34.3 Å². The Bertz CT molecular complexity index is 1350. The Morgan fingerprint density at radius 1 is 1.26 bits per heavy atom. The molecule has 4 aromatic heterocycles. The zero-order chi connectivity index (χ0) is 23.8. The number of fused-ring (bicyclic) bond motifs is 2. The molecule has 0 aromatic carbocycles. The zero-order valence-corrected chi connectivity index (χ0v) is 19.5. The van der Waals surface area contributed by atoms with Crippen LogP contribution in [0.2, 0.25) is 0 Å². The van der Waals surface area contributed by atoms with Gasteiger partial charge in [-0.05, 0) is 30.5 Å². The molecule has 0 aliphatic carbocycles. The Kier molecular flexibility index (Phi) is 5.74. The second kappa shape index (κ2) is 8.86. The molecule has 1 aliphatic heterocycles. The molecule has 5 heterocycles. The van der Waals surface area contributed by atoms with E-state index >= 15 is 0 Å². The van der Waals surface area contributed by atoms with Crippen molar-refractivity contribution < 1.29 is 19.4 Å². The quantitative estimate of drug-likeness (QED) is 0.400. The van der Waals surface area contributed by atoms with Gasteiger partial charge in [-0.1, -0.05) is 0 Å². The molecular formula is C24H28N6O4. The summed E-state index contributed by atoms with van der Waals surface area (Å²) >= 11 is 0. The SMILES string of the molecule is COc1cc2c(nc1OC)c(-c1cc3c(CNC4CCN(C(=O)O)CC4)ccnc3[nH]1)cn2C. The minimum Gasteiger partial charge on any atom is -0.491 e. The zero-order valence-electron chi connectivity index (χ0n) is 19.5. The molecule has 178 valence electrons. The van der Waals surface area contributed by atoms with Gasteiger partial charge >= 0.3 is 6.09 Å². The number of nitrogens with one attached hydrogen (secondary N) is 2. The minimum absolute atomic E-state index is 0.293. The molecule has 0 unspecified atom stereocenters. The molecule has 10 nitrogen and oxygen atoms in total. The first-order chi connectivity index (χ1) is 16.5. The molecule has 4 aromatic rings. The van der Waals surface area contributed by atoms with Gasteiger partial charge in [-0.15, -0.1) is 0 Å². The van der Waals surface area contributed by atoms with Crippen LogP contribution in [0.1, 0.15) is 18.4 Å². The highest BCUT2D eigenvalue weighted by Crippen LogP contribution is 2.36. The number of hydrogen-bond donors (Lipinski definition) is 3. The monoisotopic (exact) mass is 464 g/mol. The summed E-state index contributed by atoms with van der Waals surface area (Å²) in [6, 6.07) is 6.35. The van der Waals surface area contributed by atoms with Crippen LogP contribution in [-0.4, -0.2) is 69.0 Å². The molecule has 1 amide bonds. The Labute approximate surface area is 196 Å². The van der Waals surface area contributed by atoms with Crippen LogP contribution < -0.4 is 14.8 Å². The van der Waals surface area contributed by atoms with Crippen molar-refractivity contribution in [2.45, 2.75) is 25.4 Å². The topological polar surface area (TPSA) is 118 Å². The largest absolute Gasteiger partial charge is 0.491 e. The van der Waals surface area contributed by atoms with Gasteiger partial charge in [-0.3, -0.25) is 0 Å². The molecule has 0 radical (unpaired) electrons. The molecular weight excluding hydrogens is 436 g/mol. The number of carboxylic acid groups (broad SMARTS) is 1. The first-order valence-corrected chi connectivity index (χ1v) is 11.2. The van der Waals surface area contributed by atoms with Crippen molar-refractivity contribution in [3.8, 4) is 22.9 Å². The number of rotatable bonds is 6. The third kappa shape index (κ3) is 3.90. The smallest absolute Gasteiger partial charge is 0.407 e. The maximum absolute atomic E-state index is 11.1. The van der Waals surface area contributed by atoms with Crippen LogP contribution in [0.25, 0.3) is 33.3 Å². The highest BCUT2D eigenvalue weighted by Gasteiger charge is 2.22. The number of aromatic nitrogens is 4. The molecule has 0 spiro atoms. The van der Waals surface area contributed by atoms with Gasteiger partial charge in [0.05, 0.1) is 25.4 Å². The van der Waals surface area contributed by atoms with Crippen LogP contribution >= 0.6 is 0 Å². The fourth-order valence-electron chi connectivity index (χ4n) is 4.66. The van der Waals surface area contributed by atoms with Gasteiger partial charge in [-0.2, -0.15) is 0 Å². The van der Waals surface area contributed by atoms with Gasteiger partial charge in [0.15, 0.2) is 5.75 Å². The van der Waals surface area contributed by atoms with Crippen molar-refractivity contribution in [1.82, 2.24) is 29.7 Å². The van der Waals surface area contributed by atoms with Gasteiger partial charge in [0.2, 0.25) is 0 Å². The number of aromatic amines is 1. The number of hydrogen-bond acceptors (Lipinski definition) is 6. The molecule has 1 saturated heterocycles. The second-order valence-electron chi connectivity index (χ2n) is 8.56. The van der Waals surface area contributed by atoms with Crippen molar-refractivity contribution in [2.24, 2.45) is 7.05 Å². The Hall–Kier alpha value is -3.79. The van der Waals surface area contributed by atoms with E-state index in [9.17, 15) is 4.79 Å². The van der Waals surface area contributed by atoms with E-state index in [2.05, 4.69) is 21.4 Å². The summed E-state index contributed by atoms with van der Waals surface area (Å²) < 4.78 is 12.9. The summed E-state index contributed by atoms with van der Waals surface area (Å²) in [5.41, 5.74) is 5.59. The first-order valence-electron chi connectivity index (χ1n) is 11.2. The number of piperidine rings is 1. The molecule has 34 heavy (non-hydrogen) atoms. The number of carbonyl (C=O) groups is 1. The van der Waals surface area contributed by atoms with E-state index in [1.165, 1.54) is 4.90 Å². The number of nitrogens with zero attached hydrogens (tertiary/aromatic N) is 4. The number of aryl methyl sites for hydroxylation is 1. The van der Waals surface area contributed by atoms with E-state index < -0.39 is 6.09 Å². The van der Waals surface area contributed by atoms with Crippen LogP contribution in [0.15, 0.2) is 30.6 Å². The average Bonchev–Trinajstić information content (AvgIpc) is 3.43. The molecule has 0 saturated carbocycles. The summed E-state index contributed by atoms with van der Waals surface area (Å²) in [6.45, 7) is 1.82. The average molecular weight is 465 g/mol. The van der Waals surface area contributed by atoms with Crippen LogP contribution in [0, 0.1) is 0 Å². The lowest BCUT2D eigenvalue weighted by molar-refractivity contribution is 0.129. The lowest BCUT2D eigenvalue weighted by Crippen LogP contribution is -2.44. The molecule has 0 atom stereocenters. The van der Waals surface area contributed by atoms with Crippen molar-refractivity contribution >= 4 is 28.2 Å². The number of H-pyrrole nitrogens is 1. The van der Waals surface area contributed by atoms with Gasteiger partial charge in [0.1, 0.15) is 11.2 Å². The summed E-state index contributed by atoms with van der Waals surface area (Å²) in [5.74, 6) is 1.03. The van der Waals surface area contributed by atoms with E-state index in [-0.39, 0.29) is 0 Å². The third-order valence-electron chi connectivity index (χ3n) is 6.56. The third-order valence-corrected chi connectivity index (χ3v) is 6.56. The van der Waals surface area contributed by atoms with Crippen molar-refractivity contribution in [3.05, 3.63) is 36.2 Å². The standard InChI is InChI=1S/C24H28N6O4/c1-29-13-17(21-19(29)11-20(33-2)23(28-21)34-3)18-10-16-14(4-7-25-22(16)27-18)12-26-15-5-8-30(9-6-15)24(31)32/h4,7,10-11,13,15,26H,5-6,8-9,12H2,1-3H3,(H,25,27)(H,31,32). The Morgan fingerprint density at radius 2 is 2.06 bits per heavy atom. The van der Waals surface area contributed by atoms with Crippen molar-refractivity contribution in [3.63, 3.8) is 0 Å². The Balaban J connectivity index is 1.43. The summed E-state index contributed by atoms with van der Waals surface area (Å²) in [5, 5.41) is 13.8. The predicted molar refractivity (Wildman–Crippen MR) is 128 cm³/mol. The minimum atomic E-state index is -0.840. The maximum Gasteiger partial charge on any atom is 0.407 e. The van der Waals surface area contributed by atoms with Crippen LogP contribution in [0.3, 0.4) is 0 Å². The van der Waals surface area contributed by atoms with E-state index in [0.29, 0.717) is 37.3 Å². The molecule has 1 fully saturated rings. The maximum atomic E-state index is 11.1. The Morgan fingerprint density at radius 3 is 2.76 bits per heavy atom. The van der Waals surface area contributed by atoms with Crippen LogP contribution in [-0.2, 0) is 13.6 Å². The van der Waals surface area contributed by atoms with E-state index in [0.717, 1.165) is 51.7 Å². The number of methoxy groups -OCH3 is 2. The van der Waals surface area contributed by atoms with Crippen LogP contribution in [0.4, 0.5) is 4.79 Å². The molecule has 10 heteroatoms. The highest BCUT2D eigenvalue weighted by molar-refractivity contribution is 5.96. The fourth-order valence-corrected chi connectivity index (χ4v) is 4.66. The lowest BCUT2D eigenvalue weighted by Gasteiger charge is -2.30. The van der Waals surface area contributed by atoms with E-state index in [4.69, 9.17) is 19.6 Å². The van der Waals surface area contributed by atoms with Crippen molar-refractivity contribution in [1.29, 1.82) is 0 Å². The molecule has 0 bridgehead atoms. The molecule has 3 N–H and O–H groups in total. The van der Waals surface area contributed by atoms with E-state index in [1.54, 1.807) is 14.2 Å². The number of amides is 1. The predicted octanol–water partition coefficient (Wildman–Crippen LogP) is 3.37. The molecule has 1 aliphatic rings. The normalized spacial score (nSPS) is 14.7. The summed E-state index contributed by atoms with van der Waals surface area (Å²) in [6.07, 6.45) is 4.63. The van der Waals surface area contributed by atoms with Crippen LogP contribution in [0.5, 0.6) is 11.6 Å². The van der Waals surface area contributed by atoms with E-state index in [1.807, 2.05) is 36.1 Å². The molecule has 5 rings (SSSR count). The van der Waals surface area contributed by atoms with Gasteiger partial charge in [0.25, 0.3) is 5.88 Å². The van der Waals surface area contributed by atoms with Gasteiger partial charge in [0, 0.05) is 62.1 Å². The number of ether oxygens (including phenoxy) is 2. The number of likely N-dealkylation sites (tertiary alicyclic amines) is 1. The summed E-state index contributed by atoms with van der Waals surface area (Å²) in [7, 11) is 5.16. The number of pyridine rings is 2.